The zero-order valence-electron chi connectivity index (χ0n) is 10.2. The van der Waals surface area contributed by atoms with Crippen LogP contribution in [0.2, 0.25) is 0 Å². The molecule has 6 nitrogen and oxygen atoms in total. The van der Waals surface area contributed by atoms with E-state index in [1.165, 1.54) is 6.07 Å². The minimum absolute atomic E-state index is 0.0975. The van der Waals surface area contributed by atoms with Crippen molar-refractivity contribution in [1.82, 2.24) is 15.0 Å². The van der Waals surface area contributed by atoms with Gasteiger partial charge >= 0.3 is 0 Å². The molecule has 0 radical (unpaired) electrons. The van der Waals surface area contributed by atoms with E-state index in [0.29, 0.717) is 18.0 Å². The van der Waals surface area contributed by atoms with E-state index < -0.39 is 0 Å². The molecule has 19 heavy (non-hydrogen) atoms. The number of aryl methyl sites for hydroxylation is 1. The van der Waals surface area contributed by atoms with Gasteiger partial charge in [0.05, 0.1) is 22.7 Å². The smallest absolute Gasteiger partial charge is 0.258 e. The van der Waals surface area contributed by atoms with Gasteiger partial charge in [0.1, 0.15) is 0 Å². The molecule has 0 saturated carbocycles. The van der Waals surface area contributed by atoms with Crippen LogP contribution in [0.4, 0.5) is 5.69 Å². The number of halogens is 1. The van der Waals surface area contributed by atoms with Gasteiger partial charge in [0.2, 0.25) is 0 Å². The van der Waals surface area contributed by atoms with E-state index in [0.717, 1.165) is 18.5 Å². The summed E-state index contributed by atoms with van der Waals surface area (Å²) in [6.45, 7) is 0.338. The SMILES string of the molecule is O=[N+]([O-])c1ccccc1Cn1cc(CCCCl)nn1. The summed E-state index contributed by atoms with van der Waals surface area (Å²) in [4.78, 5) is 10.5. The number of alkyl halides is 1. The van der Waals surface area contributed by atoms with E-state index in [9.17, 15) is 10.1 Å². The molecule has 1 aromatic carbocycles. The molecular weight excluding hydrogens is 268 g/mol. The third-order valence-corrected chi connectivity index (χ3v) is 2.94. The Morgan fingerprint density at radius 3 is 2.89 bits per heavy atom. The van der Waals surface area contributed by atoms with Crippen LogP contribution >= 0.6 is 11.6 Å². The number of nitrogens with zero attached hydrogens (tertiary/aromatic N) is 4. The zero-order valence-corrected chi connectivity index (χ0v) is 11.0. The Hall–Kier alpha value is -1.95. The van der Waals surface area contributed by atoms with Crippen LogP contribution in [0.5, 0.6) is 0 Å². The molecule has 100 valence electrons. The lowest BCUT2D eigenvalue weighted by Crippen LogP contribution is -2.03. The van der Waals surface area contributed by atoms with Crippen molar-refractivity contribution >= 4 is 17.3 Å². The van der Waals surface area contributed by atoms with Crippen LogP contribution in [0.3, 0.4) is 0 Å². The molecule has 1 heterocycles. The van der Waals surface area contributed by atoms with E-state index in [-0.39, 0.29) is 10.6 Å². The normalized spacial score (nSPS) is 10.6. The maximum absolute atomic E-state index is 10.9. The third-order valence-electron chi connectivity index (χ3n) is 2.67. The number of rotatable bonds is 6. The number of para-hydroxylation sites is 1. The van der Waals surface area contributed by atoms with Crippen LogP contribution in [0.25, 0.3) is 0 Å². The highest BCUT2D eigenvalue weighted by Crippen LogP contribution is 2.18. The van der Waals surface area contributed by atoms with Crippen LogP contribution in [-0.4, -0.2) is 25.8 Å². The van der Waals surface area contributed by atoms with Gasteiger partial charge in [-0.3, -0.25) is 10.1 Å². The average molecular weight is 281 g/mol. The van der Waals surface area contributed by atoms with Crippen LogP contribution < -0.4 is 0 Å². The fraction of sp³-hybridized carbons (Fsp3) is 0.333. The lowest BCUT2D eigenvalue weighted by Gasteiger charge is -2.01. The maximum atomic E-state index is 10.9. The van der Waals surface area contributed by atoms with Crippen molar-refractivity contribution in [2.75, 3.05) is 5.88 Å². The largest absolute Gasteiger partial charge is 0.274 e. The summed E-state index contributed by atoms with van der Waals surface area (Å²) in [7, 11) is 0. The summed E-state index contributed by atoms with van der Waals surface area (Å²) in [6, 6.07) is 6.63. The van der Waals surface area contributed by atoms with Crippen molar-refractivity contribution in [3.8, 4) is 0 Å². The Labute approximate surface area is 115 Å². The van der Waals surface area contributed by atoms with Crippen molar-refractivity contribution in [2.45, 2.75) is 19.4 Å². The van der Waals surface area contributed by atoms with Gasteiger partial charge < -0.3 is 0 Å². The number of hydrogen-bond donors (Lipinski definition) is 0. The predicted octanol–water partition coefficient (Wildman–Crippen LogP) is 2.41. The Morgan fingerprint density at radius 2 is 2.16 bits per heavy atom. The first kappa shape index (κ1) is 13.5. The van der Waals surface area contributed by atoms with Gasteiger partial charge in [0.15, 0.2) is 0 Å². The first-order chi connectivity index (χ1) is 9.20. The molecule has 0 atom stereocenters. The fourth-order valence-corrected chi connectivity index (χ4v) is 1.91. The van der Waals surface area contributed by atoms with Crippen molar-refractivity contribution < 1.29 is 4.92 Å². The van der Waals surface area contributed by atoms with Crippen LogP contribution in [0, 0.1) is 10.1 Å². The molecule has 0 spiro atoms. The molecule has 2 rings (SSSR count). The van der Waals surface area contributed by atoms with E-state index in [1.54, 1.807) is 29.1 Å². The Morgan fingerprint density at radius 1 is 1.37 bits per heavy atom. The summed E-state index contributed by atoms with van der Waals surface area (Å²) >= 11 is 5.61. The number of nitro benzene ring substituents is 1. The Kier molecular flexibility index (Phi) is 4.46. The Bertz CT molecular complexity index is 570. The second-order valence-corrected chi connectivity index (χ2v) is 4.46. The van der Waals surface area contributed by atoms with Crippen LogP contribution in [0.15, 0.2) is 30.5 Å². The second-order valence-electron chi connectivity index (χ2n) is 4.09. The molecule has 0 aliphatic heterocycles. The van der Waals surface area contributed by atoms with Gasteiger partial charge in [-0.2, -0.15) is 0 Å². The van der Waals surface area contributed by atoms with Crippen molar-refractivity contribution in [2.24, 2.45) is 0 Å². The van der Waals surface area contributed by atoms with Crippen molar-refractivity contribution in [1.29, 1.82) is 0 Å². The van der Waals surface area contributed by atoms with Gasteiger partial charge in [-0.25, -0.2) is 4.68 Å². The van der Waals surface area contributed by atoms with Gasteiger partial charge in [-0.1, -0.05) is 23.4 Å². The highest BCUT2D eigenvalue weighted by Gasteiger charge is 2.13. The average Bonchev–Trinajstić information content (AvgIpc) is 2.84. The van der Waals surface area contributed by atoms with E-state index in [4.69, 9.17) is 11.6 Å². The molecule has 2 aromatic rings. The molecule has 0 aliphatic carbocycles. The molecule has 0 aliphatic rings. The van der Waals surface area contributed by atoms with Gasteiger partial charge in [0.25, 0.3) is 5.69 Å². The fourth-order valence-electron chi connectivity index (χ4n) is 1.78. The summed E-state index contributed by atoms with van der Waals surface area (Å²) in [5.41, 5.74) is 1.56. The molecule has 0 amide bonds. The van der Waals surface area contributed by atoms with Crippen molar-refractivity contribution in [3.05, 3.63) is 51.8 Å². The van der Waals surface area contributed by atoms with Gasteiger partial charge in [-0.05, 0) is 12.8 Å². The van der Waals surface area contributed by atoms with E-state index >= 15 is 0 Å². The summed E-state index contributed by atoms with van der Waals surface area (Å²) in [5, 5.41) is 18.9. The number of hydrogen-bond acceptors (Lipinski definition) is 4. The molecule has 0 bridgehead atoms. The number of benzene rings is 1. The third kappa shape index (κ3) is 3.51. The Balaban J connectivity index is 2.13. The zero-order chi connectivity index (χ0) is 13.7. The highest BCUT2D eigenvalue weighted by atomic mass is 35.5. The molecule has 7 heteroatoms. The maximum Gasteiger partial charge on any atom is 0.274 e. The molecule has 0 saturated heterocycles. The first-order valence-electron chi connectivity index (χ1n) is 5.88. The lowest BCUT2D eigenvalue weighted by molar-refractivity contribution is -0.385. The molecule has 1 aromatic heterocycles. The van der Waals surface area contributed by atoms with Crippen LogP contribution in [-0.2, 0) is 13.0 Å². The summed E-state index contributed by atoms with van der Waals surface area (Å²) < 4.78 is 1.60. The predicted molar refractivity (Wildman–Crippen MR) is 71.3 cm³/mol. The minimum atomic E-state index is -0.388. The quantitative estimate of drug-likeness (QED) is 0.463. The second kappa shape index (κ2) is 6.29. The van der Waals surface area contributed by atoms with E-state index in [2.05, 4.69) is 10.3 Å². The number of nitro groups is 1. The molecule has 0 N–H and O–H groups in total. The number of aromatic nitrogens is 3. The molecule has 0 unspecified atom stereocenters. The topological polar surface area (TPSA) is 73.8 Å². The summed E-state index contributed by atoms with van der Waals surface area (Å²) in [5.74, 6) is 0.580. The monoisotopic (exact) mass is 280 g/mol. The standard InChI is InChI=1S/C12H13ClN4O2/c13-7-3-5-11-9-16(15-14-11)8-10-4-1-2-6-12(10)17(18)19/h1-2,4,6,9H,3,5,7-8H2. The summed E-state index contributed by atoms with van der Waals surface area (Å²) in [6.07, 6.45) is 3.40. The van der Waals surface area contributed by atoms with Gasteiger partial charge in [0, 0.05) is 18.1 Å². The van der Waals surface area contributed by atoms with Crippen LogP contribution in [0.1, 0.15) is 17.7 Å². The minimum Gasteiger partial charge on any atom is -0.258 e. The first-order valence-corrected chi connectivity index (χ1v) is 6.41. The highest BCUT2D eigenvalue weighted by molar-refractivity contribution is 6.17. The molecular formula is C12H13ClN4O2. The molecule has 0 fully saturated rings. The van der Waals surface area contributed by atoms with Crippen molar-refractivity contribution in [3.63, 3.8) is 0 Å². The van der Waals surface area contributed by atoms with Gasteiger partial charge in [-0.15, -0.1) is 16.7 Å². The van der Waals surface area contributed by atoms with E-state index in [1.807, 2.05) is 0 Å². The lowest BCUT2D eigenvalue weighted by atomic mass is 10.2.